The van der Waals surface area contributed by atoms with Crippen molar-refractivity contribution in [1.82, 2.24) is 4.72 Å². The Morgan fingerprint density at radius 3 is 2.55 bits per heavy atom. The van der Waals surface area contributed by atoms with Gasteiger partial charge in [0.15, 0.2) is 0 Å². The Labute approximate surface area is 115 Å². The second kappa shape index (κ2) is 5.56. The van der Waals surface area contributed by atoms with E-state index in [4.69, 9.17) is 5.73 Å². The summed E-state index contributed by atoms with van der Waals surface area (Å²) >= 11 is 0. The summed E-state index contributed by atoms with van der Waals surface area (Å²) in [4.78, 5) is -0.721. The third kappa shape index (κ3) is 3.31. The Morgan fingerprint density at radius 2 is 1.85 bits per heavy atom. The average Bonchev–Trinajstić information content (AvgIpc) is 2.39. The molecule has 2 rings (SSSR count). The van der Waals surface area contributed by atoms with Gasteiger partial charge in [-0.15, -0.1) is 0 Å². The SMILES string of the molecule is Nc1cccc(CNS(=O)(=O)c2cc(F)ccc2F)c1. The maximum Gasteiger partial charge on any atom is 0.243 e. The summed E-state index contributed by atoms with van der Waals surface area (Å²) in [6.07, 6.45) is 0. The number of sulfonamides is 1. The first-order chi connectivity index (χ1) is 9.38. The molecule has 0 amide bonds. The predicted molar refractivity (Wildman–Crippen MR) is 71.2 cm³/mol. The number of hydrogen-bond acceptors (Lipinski definition) is 3. The van der Waals surface area contributed by atoms with Crippen LogP contribution in [0.1, 0.15) is 5.56 Å². The lowest BCUT2D eigenvalue weighted by molar-refractivity contribution is 0.545. The van der Waals surface area contributed by atoms with Gasteiger partial charge in [0.2, 0.25) is 10.0 Å². The largest absolute Gasteiger partial charge is 0.399 e. The van der Waals surface area contributed by atoms with Crippen LogP contribution in [0.5, 0.6) is 0 Å². The van der Waals surface area contributed by atoms with Gasteiger partial charge >= 0.3 is 0 Å². The monoisotopic (exact) mass is 298 g/mol. The number of nitrogen functional groups attached to an aromatic ring is 1. The van der Waals surface area contributed by atoms with Crippen molar-refractivity contribution < 1.29 is 17.2 Å². The molecule has 0 radical (unpaired) electrons. The zero-order valence-corrected chi connectivity index (χ0v) is 11.1. The molecule has 2 aromatic rings. The molecule has 2 aromatic carbocycles. The van der Waals surface area contributed by atoms with Gasteiger partial charge in [0.05, 0.1) is 0 Å². The van der Waals surface area contributed by atoms with E-state index in [0.717, 1.165) is 12.1 Å². The van der Waals surface area contributed by atoms with Crippen LogP contribution in [0.3, 0.4) is 0 Å². The Morgan fingerprint density at radius 1 is 1.10 bits per heavy atom. The number of anilines is 1. The van der Waals surface area contributed by atoms with Crippen LogP contribution < -0.4 is 10.5 Å². The van der Waals surface area contributed by atoms with Gasteiger partial charge in [-0.1, -0.05) is 12.1 Å². The quantitative estimate of drug-likeness (QED) is 0.848. The van der Waals surface area contributed by atoms with Gasteiger partial charge in [-0.05, 0) is 35.9 Å². The summed E-state index contributed by atoms with van der Waals surface area (Å²) in [5, 5.41) is 0. The maximum absolute atomic E-state index is 13.4. The Balaban J connectivity index is 2.21. The highest BCUT2D eigenvalue weighted by Crippen LogP contribution is 2.16. The van der Waals surface area contributed by atoms with Crippen LogP contribution in [-0.4, -0.2) is 8.42 Å². The minimum atomic E-state index is -4.13. The second-order valence-electron chi connectivity index (χ2n) is 4.14. The number of halogens is 2. The average molecular weight is 298 g/mol. The van der Waals surface area contributed by atoms with E-state index in [2.05, 4.69) is 4.72 Å². The maximum atomic E-state index is 13.4. The lowest BCUT2D eigenvalue weighted by Gasteiger charge is -2.08. The normalized spacial score (nSPS) is 11.5. The van der Waals surface area contributed by atoms with Gasteiger partial charge < -0.3 is 5.73 Å². The third-order valence-corrected chi connectivity index (χ3v) is 4.02. The highest BCUT2D eigenvalue weighted by atomic mass is 32.2. The molecule has 0 aliphatic heterocycles. The first-order valence-electron chi connectivity index (χ1n) is 5.67. The Kier molecular flexibility index (Phi) is 4.01. The van der Waals surface area contributed by atoms with Gasteiger partial charge in [-0.2, -0.15) is 0 Å². The lowest BCUT2D eigenvalue weighted by Crippen LogP contribution is -2.24. The van der Waals surface area contributed by atoms with Crippen LogP contribution in [0.2, 0.25) is 0 Å². The smallest absolute Gasteiger partial charge is 0.243 e. The van der Waals surface area contributed by atoms with Gasteiger partial charge in [-0.25, -0.2) is 21.9 Å². The number of hydrogen-bond donors (Lipinski definition) is 2. The van der Waals surface area contributed by atoms with E-state index in [1.165, 1.54) is 0 Å². The van der Waals surface area contributed by atoms with E-state index in [-0.39, 0.29) is 6.54 Å². The van der Waals surface area contributed by atoms with Gasteiger partial charge in [0.1, 0.15) is 16.5 Å². The van der Waals surface area contributed by atoms with Gasteiger partial charge in [0.25, 0.3) is 0 Å². The summed E-state index contributed by atoms with van der Waals surface area (Å²) in [5.74, 6) is -1.83. The van der Waals surface area contributed by atoms with Crippen molar-refractivity contribution in [1.29, 1.82) is 0 Å². The molecule has 0 saturated heterocycles. The summed E-state index contributed by atoms with van der Waals surface area (Å²) in [6, 6.07) is 8.84. The van der Waals surface area contributed by atoms with Crippen molar-refractivity contribution in [2.75, 3.05) is 5.73 Å². The van der Waals surface area contributed by atoms with Gasteiger partial charge in [0, 0.05) is 12.2 Å². The molecular weight excluding hydrogens is 286 g/mol. The molecule has 7 heteroatoms. The van der Waals surface area contributed by atoms with Crippen LogP contribution >= 0.6 is 0 Å². The Hall–Kier alpha value is -1.99. The molecule has 0 aliphatic rings. The Bertz CT molecular complexity index is 733. The molecule has 0 aliphatic carbocycles. The van der Waals surface area contributed by atoms with Crippen LogP contribution in [-0.2, 0) is 16.6 Å². The predicted octanol–water partition coefficient (Wildman–Crippen LogP) is 2.03. The van der Waals surface area contributed by atoms with Gasteiger partial charge in [-0.3, -0.25) is 0 Å². The van der Waals surface area contributed by atoms with Crippen molar-refractivity contribution in [3.05, 3.63) is 59.7 Å². The number of nitrogens with two attached hydrogens (primary N) is 1. The zero-order valence-electron chi connectivity index (χ0n) is 10.3. The standard InChI is InChI=1S/C13H12F2N2O2S/c14-10-4-5-12(15)13(7-10)20(18,19)17-8-9-2-1-3-11(16)6-9/h1-7,17H,8,16H2. The van der Waals surface area contributed by atoms with E-state index in [1.54, 1.807) is 24.3 Å². The zero-order chi connectivity index (χ0) is 14.8. The molecule has 0 fully saturated rings. The number of benzene rings is 2. The third-order valence-electron chi connectivity index (χ3n) is 2.60. The van der Waals surface area contributed by atoms with E-state index in [0.29, 0.717) is 17.3 Å². The first kappa shape index (κ1) is 14.4. The van der Waals surface area contributed by atoms with Crippen molar-refractivity contribution >= 4 is 15.7 Å². The van der Waals surface area contributed by atoms with Crippen molar-refractivity contribution in [3.63, 3.8) is 0 Å². The second-order valence-corrected chi connectivity index (χ2v) is 5.88. The fourth-order valence-corrected chi connectivity index (χ4v) is 2.75. The molecular formula is C13H12F2N2O2S. The van der Waals surface area contributed by atoms with Crippen LogP contribution in [0, 0.1) is 11.6 Å². The van der Waals surface area contributed by atoms with Crippen LogP contribution in [0.25, 0.3) is 0 Å². The highest BCUT2D eigenvalue weighted by Gasteiger charge is 2.19. The molecule has 0 spiro atoms. The minimum Gasteiger partial charge on any atom is -0.399 e. The van der Waals surface area contributed by atoms with Crippen molar-refractivity contribution in [2.24, 2.45) is 0 Å². The van der Waals surface area contributed by atoms with E-state index in [9.17, 15) is 17.2 Å². The van der Waals surface area contributed by atoms with Crippen LogP contribution in [0.4, 0.5) is 14.5 Å². The molecule has 0 heterocycles. The van der Waals surface area contributed by atoms with Crippen LogP contribution in [0.15, 0.2) is 47.4 Å². The molecule has 3 N–H and O–H groups in total. The fraction of sp³-hybridized carbons (Fsp3) is 0.0769. The minimum absolute atomic E-state index is 0.0661. The number of rotatable bonds is 4. The first-order valence-corrected chi connectivity index (χ1v) is 7.16. The number of nitrogens with one attached hydrogen (secondary N) is 1. The molecule has 0 aromatic heterocycles. The summed E-state index contributed by atoms with van der Waals surface area (Å²) in [5.41, 5.74) is 6.67. The lowest BCUT2D eigenvalue weighted by atomic mass is 10.2. The molecule has 106 valence electrons. The van der Waals surface area contributed by atoms with E-state index >= 15 is 0 Å². The van der Waals surface area contributed by atoms with Crippen molar-refractivity contribution in [2.45, 2.75) is 11.4 Å². The molecule has 0 atom stereocenters. The summed E-state index contributed by atoms with van der Waals surface area (Å²) in [6.45, 7) is -0.0661. The summed E-state index contributed by atoms with van der Waals surface area (Å²) < 4.78 is 52.5. The molecule has 0 bridgehead atoms. The molecule has 0 unspecified atom stereocenters. The van der Waals surface area contributed by atoms with E-state index < -0.39 is 26.6 Å². The molecule has 4 nitrogen and oxygen atoms in total. The van der Waals surface area contributed by atoms with Crippen molar-refractivity contribution in [3.8, 4) is 0 Å². The van der Waals surface area contributed by atoms with E-state index in [1.807, 2.05) is 0 Å². The molecule has 20 heavy (non-hydrogen) atoms. The summed E-state index contributed by atoms with van der Waals surface area (Å²) in [7, 11) is -4.13. The fourth-order valence-electron chi connectivity index (χ4n) is 1.64. The molecule has 0 saturated carbocycles. The highest BCUT2D eigenvalue weighted by molar-refractivity contribution is 7.89. The topological polar surface area (TPSA) is 72.2 Å².